The molecule has 0 atom stereocenters. The number of hydrogen-bond donors (Lipinski definition) is 2. The first-order valence-corrected chi connectivity index (χ1v) is 5.91. The molecule has 6 nitrogen and oxygen atoms in total. The van der Waals surface area contributed by atoms with Crippen LogP contribution in [-0.4, -0.2) is 31.7 Å². The molecule has 0 unspecified atom stereocenters. The molecular formula is C9H11FN6S. The van der Waals surface area contributed by atoms with Crippen LogP contribution in [-0.2, 0) is 0 Å². The first-order valence-electron chi connectivity index (χ1n) is 5.09. The van der Waals surface area contributed by atoms with Crippen molar-refractivity contribution in [3.05, 3.63) is 18.3 Å². The van der Waals surface area contributed by atoms with Crippen molar-refractivity contribution < 1.29 is 4.39 Å². The Morgan fingerprint density at radius 2 is 2.35 bits per heavy atom. The van der Waals surface area contributed by atoms with E-state index in [1.807, 2.05) is 6.92 Å². The highest BCUT2D eigenvalue weighted by atomic mass is 32.2. The maximum atomic E-state index is 13.4. The number of nitrogens with one attached hydrogen (secondary N) is 2. The number of aromatic amines is 1. The fraction of sp³-hybridized carbons (Fsp3) is 0.333. The van der Waals surface area contributed by atoms with Crippen molar-refractivity contribution in [1.29, 1.82) is 0 Å². The van der Waals surface area contributed by atoms with Gasteiger partial charge in [0.1, 0.15) is 11.4 Å². The van der Waals surface area contributed by atoms with Gasteiger partial charge in [-0.05, 0) is 18.2 Å². The molecule has 0 fully saturated rings. The predicted molar refractivity (Wildman–Crippen MR) is 61.3 cm³/mol. The normalized spacial score (nSPS) is 10.5. The summed E-state index contributed by atoms with van der Waals surface area (Å²) in [5, 5.41) is 10.0. The molecule has 90 valence electrons. The summed E-state index contributed by atoms with van der Waals surface area (Å²) in [4.78, 5) is 11.8. The monoisotopic (exact) mass is 254 g/mol. The summed E-state index contributed by atoms with van der Waals surface area (Å²) in [6, 6.07) is 0. The third-order valence-electron chi connectivity index (χ3n) is 1.83. The highest BCUT2D eigenvalue weighted by Gasteiger charge is 2.10. The van der Waals surface area contributed by atoms with Gasteiger partial charge in [0.2, 0.25) is 5.95 Å². The largest absolute Gasteiger partial charge is 0.354 e. The van der Waals surface area contributed by atoms with Crippen molar-refractivity contribution in [2.45, 2.75) is 23.5 Å². The molecule has 17 heavy (non-hydrogen) atoms. The van der Waals surface area contributed by atoms with Gasteiger partial charge in [-0.3, -0.25) is 5.10 Å². The van der Waals surface area contributed by atoms with E-state index in [9.17, 15) is 4.39 Å². The quantitative estimate of drug-likeness (QED) is 0.791. The average Bonchev–Trinajstić information content (AvgIpc) is 2.83. The smallest absolute Gasteiger partial charge is 0.223 e. The Bertz CT molecular complexity index is 474. The Labute approximate surface area is 101 Å². The minimum Gasteiger partial charge on any atom is -0.354 e. The summed E-state index contributed by atoms with van der Waals surface area (Å²) in [7, 11) is 0. The summed E-state index contributed by atoms with van der Waals surface area (Å²) < 4.78 is 13.4. The first kappa shape index (κ1) is 11.8. The van der Waals surface area contributed by atoms with Gasteiger partial charge < -0.3 is 5.32 Å². The van der Waals surface area contributed by atoms with Crippen LogP contribution in [0.4, 0.5) is 10.3 Å². The van der Waals surface area contributed by atoms with E-state index in [0.29, 0.717) is 11.1 Å². The van der Waals surface area contributed by atoms with Crippen molar-refractivity contribution in [3.8, 4) is 0 Å². The molecule has 2 heterocycles. The number of halogens is 1. The van der Waals surface area contributed by atoms with Crippen LogP contribution in [0.2, 0.25) is 0 Å². The summed E-state index contributed by atoms with van der Waals surface area (Å²) in [6.07, 6.45) is 3.45. The molecule has 0 aliphatic heterocycles. The number of nitrogens with zero attached hydrogens (tertiary/aromatic N) is 4. The van der Waals surface area contributed by atoms with Gasteiger partial charge in [-0.25, -0.2) is 19.3 Å². The average molecular weight is 254 g/mol. The zero-order valence-electron chi connectivity index (χ0n) is 9.14. The molecule has 8 heteroatoms. The summed E-state index contributed by atoms with van der Waals surface area (Å²) in [5.41, 5.74) is 0. The van der Waals surface area contributed by atoms with Crippen molar-refractivity contribution in [1.82, 2.24) is 25.1 Å². The molecule has 2 N–H and O–H groups in total. The van der Waals surface area contributed by atoms with Gasteiger partial charge in [0.25, 0.3) is 0 Å². The molecular weight excluding hydrogens is 243 g/mol. The van der Waals surface area contributed by atoms with Crippen LogP contribution in [0.5, 0.6) is 0 Å². The van der Waals surface area contributed by atoms with Gasteiger partial charge >= 0.3 is 0 Å². The Kier molecular flexibility index (Phi) is 3.86. The Morgan fingerprint density at radius 1 is 1.47 bits per heavy atom. The van der Waals surface area contributed by atoms with Crippen molar-refractivity contribution in [2.75, 3.05) is 11.9 Å². The second kappa shape index (κ2) is 5.58. The fourth-order valence-electron chi connectivity index (χ4n) is 1.08. The molecule has 0 saturated carbocycles. The van der Waals surface area contributed by atoms with Crippen molar-refractivity contribution >= 4 is 17.7 Å². The minimum atomic E-state index is -0.478. The van der Waals surface area contributed by atoms with Gasteiger partial charge in [-0.2, -0.15) is 5.10 Å². The van der Waals surface area contributed by atoms with E-state index in [0.717, 1.165) is 30.9 Å². The number of H-pyrrole nitrogens is 1. The third-order valence-corrected chi connectivity index (χ3v) is 2.70. The van der Waals surface area contributed by atoms with E-state index in [4.69, 9.17) is 0 Å². The van der Waals surface area contributed by atoms with Crippen molar-refractivity contribution in [2.24, 2.45) is 0 Å². The highest BCUT2D eigenvalue weighted by Crippen LogP contribution is 2.24. The first-order chi connectivity index (χ1) is 8.29. The molecule has 2 aromatic rings. The SMILES string of the molecule is CCCNc1ncc(F)c(Sc2ncn[nH]2)n1. The molecule has 0 aliphatic rings. The molecule has 0 bridgehead atoms. The van der Waals surface area contributed by atoms with Crippen LogP contribution in [0.1, 0.15) is 13.3 Å². The topological polar surface area (TPSA) is 79.4 Å². The summed E-state index contributed by atoms with van der Waals surface area (Å²) in [6.45, 7) is 2.78. The molecule has 0 spiro atoms. The lowest BCUT2D eigenvalue weighted by Gasteiger charge is -2.04. The lowest BCUT2D eigenvalue weighted by molar-refractivity contribution is 0.579. The minimum absolute atomic E-state index is 0.218. The maximum absolute atomic E-state index is 13.4. The highest BCUT2D eigenvalue weighted by molar-refractivity contribution is 7.99. The molecule has 2 rings (SSSR count). The molecule has 2 aromatic heterocycles. The number of hydrogen-bond acceptors (Lipinski definition) is 6. The second-order valence-electron chi connectivity index (χ2n) is 3.17. The maximum Gasteiger partial charge on any atom is 0.223 e. The van der Waals surface area contributed by atoms with Gasteiger partial charge in [0, 0.05) is 6.54 Å². The van der Waals surface area contributed by atoms with E-state index in [2.05, 4.69) is 30.5 Å². The predicted octanol–water partition coefficient (Wildman–Crippen LogP) is 1.71. The van der Waals surface area contributed by atoms with Crippen molar-refractivity contribution in [3.63, 3.8) is 0 Å². The standard InChI is InChI=1S/C9H11FN6S/c1-2-3-11-8-12-4-6(10)7(15-8)17-9-13-5-14-16-9/h4-5H,2-3H2,1H3,(H,11,12,15)(H,13,14,16). The fourth-order valence-corrected chi connectivity index (χ4v) is 1.74. The summed E-state index contributed by atoms with van der Waals surface area (Å²) in [5.74, 6) is -0.0660. The number of rotatable bonds is 5. The lowest BCUT2D eigenvalue weighted by Crippen LogP contribution is -2.05. The van der Waals surface area contributed by atoms with Crippen LogP contribution >= 0.6 is 11.8 Å². The van der Waals surface area contributed by atoms with Gasteiger partial charge in [-0.1, -0.05) is 6.92 Å². The Morgan fingerprint density at radius 3 is 3.06 bits per heavy atom. The Balaban J connectivity index is 2.14. The van der Waals surface area contributed by atoms with E-state index >= 15 is 0 Å². The molecule has 0 aromatic carbocycles. The Hall–Kier alpha value is -1.70. The third kappa shape index (κ3) is 3.13. The van der Waals surface area contributed by atoms with Crippen LogP contribution < -0.4 is 5.32 Å². The zero-order valence-corrected chi connectivity index (χ0v) is 9.96. The lowest BCUT2D eigenvalue weighted by atomic mass is 10.5. The van der Waals surface area contributed by atoms with Crippen LogP contribution in [0, 0.1) is 5.82 Å². The molecule has 0 amide bonds. The van der Waals surface area contributed by atoms with E-state index in [-0.39, 0.29) is 5.03 Å². The van der Waals surface area contributed by atoms with Gasteiger partial charge in [-0.15, -0.1) is 0 Å². The van der Waals surface area contributed by atoms with Crippen LogP contribution in [0.3, 0.4) is 0 Å². The second-order valence-corrected chi connectivity index (χ2v) is 4.14. The number of aromatic nitrogens is 5. The molecule has 0 aliphatic carbocycles. The van der Waals surface area contributed by atoms with Crippen LogP contribution in [0.25, 0.3) is 0 Å². The molecule has 0 saturated heterocycles. The van der Waals surface area contributed by atoms with E-state index in [1.54, 1.807) is 0 Å². The van der Waals surface area contributed by atoms with Crippen LogP contribution in [0.15, 0.2) is 22.7 Å². The van der Waals surface area contributed by atoms with E-state index < -0.39 is 5.82 Å². The van der Waals surface area contributed by atoms with Gasteiger partial charge in [0.15, 0.2) is 11.0 Å². The zero-order chi connectivity index (χ0) is 12.1. The summed E-state index contributed by atoms with van der Waals surface area (Å²) >= 11 is 1.07. The van der Waals surface area contributed by atoms with Gasteiger partial charge in [0.05, 0.1) is 6.20 Å². The molecule has 0 radical (unpaired) electrons. The number of anilines is 1. The van der Waals surface area contributed by atoms with E-state index in [1.165, 1.54) is 6.33 Å².